The molecule has 3 rings (SSSR count). The summed E-state index contributed by atoms with van der Waals surface area (Å²) in [4.78, 5) is 38.3. The van der Waals surface area contributed by atoms with E-state index in [0.29, 0.717) is 17.1 Å². The zero-order chi connectivity index (χ0) is 20.1. The molecule has 0 aliphatic carbocycles. The van der Waals surface area contributed by atoms with Gasteiger partial charge in [-0.3, -0.25) is 14.4 Å². The van der Waals surface area contributed by atoms with Crippen LogP contribution in [0.25, 0.3) is 0 Å². The van der Waals surface area contributed by atoms with Crippen LogP contribution < -0.4 is 15.5 Å². The van der Waals surface area contributed by atoms with Crippen molar-refractivity contribution in [2.24, 2.45) is 5.92 Å². The zero-order valence-electron chi connectivity index (χ0n) is 15.0. The molecule has 6 nitrogen and oxygen atoms in total. The highest BCUT2D eigenvalue weighted by atomic mass is 35.5. The Bertz CT molecular complexity index is 890. The van der Waals surface area contributed by atoms with Crippen molar-refractivity contribution in [2.45, 2.75) is 6.42 Å². The fourth-order valence-corrected chi connectivity index (χ4v) is 3.51. The molecule has 28 heavy (non-hydrogen) atoms. The van der Waals surface area contributed by atoms with E-state index in [2.05, 4.69) is 10.6 Å². The second-order valence-corrected chi connectivity index (χ2v) is 7.26. The Morgan fingerprint density at radius 3 is 2.46 bits per heavy atom. The van der Waals surface area contributed by atoms with E-state index in [4.69, 9.17) is 23.2 Å². The molecular weight excluding hydrogens is 401 g/mol. The molecule has 1 fully saturated rings. The van der Waals surface area contributed by atoms with Crippen LogP contribution in [0.5, 0.6) is 0 Å². The van der Waals surface area contributed by atoms with Crippen molar-refractivity contribution in [3.05, 3.63) is 64.1 Å². The van der Waals surface area contributed by atoms with E-state index in [1.54, 1.807) is 17.0 Å². The topological polar surface area (TPSA) is 78.5 Å². The fraction of sp³-hybridized carbons (Fsp3) is 0.250. The molecule has 0 radical (unpaired) electrons. The number of hydrogen-bond acceptors (Lipinski definition) is 3. The molecule has 146 valence electrons. The Hall–Kier alpha value is -2.57. The van der Waals surface area contributed by atoms with Crippen LogP contribution in [0.1, 0.15) is 16.8 Å². The number of nitrogens with one attached hydrogen (secondary N) is 2. The van der Waals surface area contributed by atoms with Crippen LogP contribution in [0.3, 0.4) is 0 Å². The average molecular weight is 420 g/mol. The lowest BCUT2D eigenvalue weighted by Gasteiger charge is -2.16. The SMILES string of the molecule is O=C(NCCNC(=O)C1CC(=O)N(c2ccccc2)C1)c1ccc(Cl)cc1Cl. The van der Waals surface area contributed by atoms with Gasteiger partial charge in [0.2, 0.25) is 11.8 Å². The van der Waals surface area contributed by atoms with Crippen LogP contribution in [-0.4, -0.2) is 37.4 Å². The third kappa shape index (κ3) is 4.82. The molecule has 1 aliphatic rings. The van der Waals surface area contributed by atoms with Gasteiger partial charge in [-0.2, -0.15) is 0 Å². The molecule has 1 aliphatic heterocycles. The number of para-hydroxylation sites is 1. The second-order valence-electron chi connectivity index (χ2n) is 6.41. The van der Waals surface area contributed by atoms with E-state index in [1.807, 2.05) is 30.3 Å². The number of rotatable bonds is 6. The summed E-state index contributed by atoms with van der Waals surface area (Å²) < 4.78 is 0. The predicted octanol–water partition coefficient (Wildman–Crippen LogP) is 2.89. The first-order valence-corrected chi connectivity index (χ1v) is 9.57. The Kier molecular flexibility index (Phi) is 6.54. The maximum Gasteiger partial charge on any atom is 0.252 e. The third-order valence-electron chi connectivity index (χ3n) is 4.45. The quantitative estimate of drug-likeness (QED) is 0.706. The minimum atomic E-state index is -0.408. The van der Waals surface area contributed by atoms with Crippen molar-refractivity contribution in [3.63, 3.8) is 0 Å². The molecule has 1 heterocycles. The van der Waals surface area contributed by atoms with Crippen LogP contribution in [0.2, 0.25) is 10.0 Å². The van der Waals surface area contributed by atoms with Gasteiger partial charge in [0.15, 0.2) is 0 Å². The third-order valence-corrected chi connectivity index (χ3v) is 5.00. The summed E-state index contributed by atoms with van der Waals surface area (Å²) >= 11 is 11.8. The van der Waals surface area contributed by atoms with Gasteiger partial charge in [0.25, 0.3) is 5.91 Å². The van der Waals surface area contributed by atoms with Crippen molar-refractivity contribution in [1.82, 2.24) is 10.6 Å². The number of carbonyl (C=O) groups excluding carboxylic acids is 3. The lowest BCUT2D eigenvalue weighted by atomic mass is 10.1. The summed E-state index contributed by atoms with van der Waals surface area (Å²) in [5.74, 6) is -1.03. The van der Waals surface area contributed by atoms with Crippen LogP contribution in [0, 0.1) is 5.92 Å². The number of benzene rings is 2. The summed E-state index contributed by atoms with van der Waals surface area (Å²) in [6, 6.07) is 13.9. The molecule has 2 aromatic carbocycles. The molecule has 2 N–H and O–H groups in total. The Balaban J connectivity index is 1.45. The van der Waals surface area contributed by atoms with Gasteiger partial charge in [-0.15, -0.1) is 0 Å². The smallest absolute Gasteiger partial charge is 0.252 e. The largest absolute Gasteiger partial charge is 0.354 e. The standard InChI is InChI=1S/C20H19Cl2N3O3/c21-14-6-7-16(17(22)11-14)20(28)24-9-8-23-19(27)13-10-18(26)25(12-13)15-4-2-1-3-5-15/h1-7,11,13H,8-10,12H2,(H,23,27)(H,24,28). The first kappa shape index (κ1) is 20.2. The lowest BCUT2D eigenvalue weighted by Crippen LogP contribution is -2.38. The fourth-order valence-electron chi connectivity index (χ4n) is 3.02. The van der Waals surface area contributed by atoms with Crippen LogP contribution in [0.15, 0.2) is 48.5 Å². The van der Waals surface area contributed by atoms with E-state index >= 15 is 0 Å². The Morgan fingerprint density at radius 2 is 1.75 bits per heavy atom. The summed E-state index contributed by atoms with van der Waals surface area (Å²) in [6.07, 6.45) is 0.174. The molecular formula is C20H19Cl2N3O3. The second kappa shape index (κ2) is 9.08. The number of carbonyl (C=O) groups is 3. The van der Waals surface area contributed by atoms with Crippen LogP contribution >= 0.6 is 23.2 Å². The summed E-state index contributed by atoms with van der Waals surface area (Å²) in [5, 5.41) is 6.16. The molecule has 1 unspecified atom stereocenters. The first-order valence-electron chi connectivity index (χ1n) is 8.82. The van der Waals surface area contributed by atoms with E-state index in [-0.39, 0.29) is 42.3 Å². The van der Waals surface area contributed by atoms with Crippen molar-refractivity contribution in [1.29, 1.82) is 0 Å². The maximum absolute atomic E-state index is 12.3. The number of hydrogen-bond donors (Lipinski definition) is 2. The van der Waals surface area contributed by atoms with E-state index in [9.17, 15) is 14.4 Å². The minimum Gasteiger partial charge on any atom is -0.354 e. The van der Waals surface area contributed by atoms with Gasteiger partial charge >= 0.3 is 0 Å². The van der Waals surface area contributed by atoms with Gasteiger partial charge in [-0.1, -0.05) is 41.4 Å². The highest BCUT2D eigenvalue weighted by molar-refractivity contribution is 6.36. The molecule has 0 saturated carbocycles. The molecule has 2 aromatic rings. The molecule has 0 spiro atoms. The number of anilines is 1. The van der Waals surface area contributed by atoms with Gasteiger partial charge < -0.3 is 15.5 Å². The summed E-state index contributed by atoms with van der Waals surface area (Å²) in [6.45, 7) is 0.847. The highest BCUT2D eigenvalue weighted by Crippen LogP contribution is 2.25. The van der Waals surface area contributed by atoms with Crippen molar-refractivity contribution >= 4 is 46.6 Å². The number of nitrogens with zero attached hydrogens (tertiary/aromatic N) is 1. The van der Waals surface area contributed by atoms with Crippen molar-refractivity contribution in [3.8, 4) is 0 Å². The van der Waals surface area contributed by atoms with Gasteiger partial charge in [-0.25, -0.2) is 0 Å². The normalized spacial score (nSPS) is 16.1. The average Bonchev–Trinajstić information content (AvgIpc) is 3.07. The van der Waals surface area contributed by atoms with Gasteiger partial charge in [-0.05, 0) is 30.3 Å². The molecule has 1 atom stereocenters. The lowest BCUT2D eigenvalue weighted by molar-refractivity contribution is -0.126. The minimum absolute atomic E-state index is 0.0722. The van der Waals surface area contributed by atoms with E-state index < -0.39 is 5.92 Å². The highest BCUT2D eigenvalue weighted by Gasteiger charge is 2.34. The van der Waals surface area contributed by atoms with E-state index in [1.165, 1.54) is 6.07 Å². The molecule has 0 aromatic heterocycles. The number of amides is 3. The molecule has 0 bridgehead atoms. The Labute approximate surface area is 172 Å². The summed E-state index contributed by atoms with van der Waals surface area (Å²) in [5.41, 5.74) is 1.10. The molecule has 1 saturated heterocycles. The van der Waals surface area contributed by atoms with Gasteiger partial charge in [0.05, 0.1) is 16.5 Å². The number of halogens is 2. The van der Waals surface area contributed by atoms with Gasteiger partial charge in [0, 0.05) is 36.8 Å². The Morgan fingerprint density at radius 1 is 1.04 bits per heavy atom. The molecule has 8 heteroatoms. The summed E-state index contributed by atoms with van der Waals surface area (Å²) in [7, 11) is 0. The maximum atomic E-state index is 12.3. The first-order chi connectivity index (χ1) is 13.5. The monoisotopic (exact) mass is 419 g/mol. The molecule has 3 amide bonds. The van der Waals surface area contributed by atoms with Crippen molar-refractivity contribution in [2.75, 3.05) is 24.5 Å². The van der Waals surface area contributed by atoms with E-state index in [0.717, 1.165) is 5.69 Å². The van der Waals surface area contributed by atoms with Crippen LogP contribution in [-0.2, 0) is 9.59 Å². The predicted molar refractivity (Wildman–Crippen MR) is 109 cm³/mol. The van der Waals surface area contributed by atoms with Crippen molar-refractivity contribution < 1.29 is 14.4 Å². The van der Waals surface area contributed by atoms with Gasteiger partial charge in [0.1, 0.15) is 0 Å². The van der Waals surface area contributed by atoms with Crippen LogP contribution in [0.4, 0.5) is 5.69 Å². The zero-order valence-corrected chi connectivity index (χ0v) is 16.5.